The minimum absolute atomic E-state index is 0.0161. The summed E-state index contributed by atoms with van der Waals surface area (Å²) in [5.74, 6) is -0.834. The predicted molar refractivity (Wildman–Crippen MR) is 117 cm³/mol. The minimum Gasteiger partial charge on any atom is -0.447 e. The van der Waals surface area contributed by atoms with Gasteiger partial charge in [-0.2, -0.15) is 14.4 Å². The zero-order valence-corrected chi connectivity index (χ0v) is 18.2. The van der Waals surface area contributed by atoms with E-state index in [2.05, 4.69) is 37.6 Å². The molecule has 2 N–H and O–H groups in total. The lowest BCUT2D eigenvalue weighted by Gasteiger charge is -2.27. The van der Waals surface area contributed by atoms with Crippen molar-refractivity contribution in [3.8, 4) is 0 Å². The molecule has 0 spiro atoms. The van der Waals surface area contributed by atoms with Crippen molar-refractivity contribution in [2.45, 2.75) is 38.6 Å². The molecule has 32 heavy (non-hydrogen) atoms. The van der Waals surface area contributed by atoms with Gasteiger partial charge in [0.05, 0.1) is 6.04 Å². The summed E-state index contributed by atoms with van der Waals surface area (Å²) >= 11 is 0. The molecule has 0 radical (unpaired) electrons. The Morgan fingerprint density at radius 1 is 1.22 bits per heavy atom. The molecule has 10 heteroatoms. The number of hydrogen-bond acceptors (Lipinski definition) is 7. The fourth-order valence-electron chi connectivity index (χ4n) is 3.95. The second-order valence-corrected chi connectivity index (χ2v) is 8.20. The first-order valence-corrected chi connectivity index (χ1v) is 10.8. The van der Waals surface area contributed by atoms with Crippen LogP contribution in [0.3, 0.4) is 0 Å². The van der Waals surface area contributed by atoms with Gasteiger partial charge in [0.1, 0.15) is 24.6 Å². The molecule has 2 saturated heterocycles. The van der Waals surface area contributed by atoms with Crippen molar-refractivity contribution in [3.05, 3.63) is 47.4 Å². The molecule has 1 amide bonds. The van der Waals surface area contributed by atoms with Crippen molar-refractivity contribution < 1.29 is 18.3 Å². The number of carbonyl (C=O) groups is 1. The summed E-state index contributed by atoms with van der Waals surface area (Å²) in [4.78, 5) is 23.5. The number of cyclic esters (lactones) is 1. The van der Waals surface area contributed by atoms with Crippen LogP contribution in [0, 0.1) is 5.95 Å². The average molecular weight is 447 g/mol. The Kier molecular flexibility index (Phi) is 6.80. The summed E-state index contributed by atoms with van der Waals surface area (Å²) in [6.07, 6.45) is -2.11. The molecule has 3 atom stereocenters. The monoisotopic (exact) mass is 446 g/mol. The van der Waals surface area contributed by atoms with Gasteiger partial charge in [-0.1, -0.05) is 24.3 Å². The first-order chi connectivity index (χ1) is 15.4. The van der Waals surface area contributed by atoms with Gasteiger partial charge in [0.25, 0.3) is 0 Å². The molecule has 3 heterocycles. The topological polar surface area (TPSA) is 82.6 Å². The molecule has 1 aromatic carbocycles. The second kappa shape index (κ2) is 9.74. The van der Waals surface area contributed by atoms with E-state index in [1.807, 2.05) is 19.1 Å². The van der Waals surface area contributed by atoms with Crippen molar-refractivity contribution in [1.82, 2.24) is 20.2 Å². The number of nitrogens with one attached hydrogen (secondary N) is 2. The van der Waals surface area contributed by atoms with Gasteiger partial charge in [-0.15, -0.1) is 0 Å². The van der Waals surface area contributed by atoms with Gasteiger partial charge < -0.3 is 15.4 Å². The highest BCUT2D eigenvalue weighted by Crippen LogP contribution is 2.26. The number of aromatic nitrogens is 2. The van der Waals surface area contributed by atoms with Crippen molar-refractivity contribution >= 4 is 17.9 Å². The zero-order chi connectivity index (χ0) is 22.7. The number of rotatable bonds is 7. The molecule has 172 valence electrons. The summed E-state index contributed by atoms with van der Waals surface area (Å²) in [5, 5.41) is 6.42. The maximum atomic E-state index is 14.2. The van der Waals surface area contributed by atoms with Gasteiger partial charge in [0, 0.05) is 38.8 Å². The van der Waals surface area contributed by atoms with Gasteiger partial charge in [-0.05, 0) is 25.0 Å². The predicted octanol–water partition coefficient (Wildman–Crippen LogP) is 2.88. The minimum atomic E-state index is -1.35. The van der Waals surface area contributed by atoms with Crippen LogP contribution >= 0.6 is 0 Å². The highest BCUT2D eigenvalue weighted by Gasteiger charge is 2.39. The fourth-order valence-corrected chi connectivity index (χ4v) is 3.95. The van der Waals surface area contributed by atoms with Crippen molar-refractivity contribution in [2.24, 2.45) is 0 Å². The Bertz CT molecular complexity index is 937. The van der Waals surface area contributed by atoms with Gasteiger partial charge in [0.15, 0.2) is 0 Å². The Morgan fingerprint density at radius 3 is 2.62 bits per heavy atom. The third-order valence-electron chi connectivity index (χ3n) is 5.81. The number of nitrogens with zero attached hydrogens (tertiary/aromatic N) is 4. The number of amides is 1. The quantitative estimate of drug-likeness (QED) is 0.633. The van der Waals surface area contributed by atoms with Crippen LogP contribution in [-0.4, -0.2) is 66.0 Å². The lowest BCUT2D eigenvalue weighted by molar-refractivity contribution is 0.174. The number of carbonyl (C=O) groups excluding carboxylic acids is 1. The normalized spacial score (nSPS) is 21.3. The van der Waals surface area contributed by atoms with Crippen molar-refractivity contribution in [2.75, 3.05) is 43.0 Å². The highest BCUT2D eigenvalue weighted by atomic mass is 19.1. The average Bonchev–Trinajstić information content (AvgIpc) is 3.16. The number of ether oxygens (including phenoxy) is 1. The van der Waals surface area contributed by atoms with Crippen molar-refractivity contribution in [3.63, 3.8) is 0 Å². The van der Waals surface area contributed by atoms with Crippen LogP contribution in [0.2, 0.25) is 0 Å². The molecule has 2 aromatic rings. The molecular formula is C22H28F2N6O2. The third kappa shape index (κ3) is 5.13. The van der Waals surface area contributed by atoms with Crippen molar-refractivity contribution in [1.29, 1.82) is 0 Å². The molecule has 0 aliphatic carbocycles. The number of benzene rings is 1. The Labute approximate surface area is 186 Å². The van der Waals surface area contributed by atoms with E-state index in [4.69, 9.17) is 4.74 Å². The van der Waals surface area contributed by atoms with Crippen LogP contribution in [0.4, 0.5) is 25.3 Å². The number of halogens is 2. The molecule has 2 aliphatic heterocycles. The fraction of sp³-hybridized carbons (Fsp3) is 0.500. The molecule has 2 aliphatic rings. The zero-order valence-electron chi connectivity index (χ0n) is 18.2. The Morgan fingerprint density at radius 2 is 1.94 bits per heavy atom. The van der Waals surface area contributed by atoms with E-state index < -0.39 is 24.3 Å². The van der Waals surface area contributed by atoms with Crippen LogP contribution in [0.1, 0.15) is 31.0 Å². The summed E-state index contributed by atoms with van der Waals surface area (Å²) in [6.45, 7) is 8.11. The van der Waals surface area contributed by atoms with E-state index in [-0.39, 0.29) is 24.4 Å². The molecular weight excluding hydrogens is 418 g/mol. The number of hydrogen-bond donors (Lipinski definition) is 2. The van der Waals surface area contributed by atoms with Gasteiger partial charge in [0.2, 0.25) is 11.9 Å². The molecule has 1 unspecified atom stereocenters. The number of anilines is 2. The lowest BCUT2D eigenvalue weighted by Crippen LogP contribution is -2.42. The Hall–Kier alpha value is -2.85. The second-order valence-electron chi connectivity index (χ2n) is 8.20. The van der Waals surface area contributed by atoms with Gasteiger partial charge >= 0.3 is 6.09 Å². The van der Waals surface area contributed by atoms with Crippen LogP contribution < -0.4 is 15.5 Å². The van der Waals surface area contributed by atoms with E-state index >= 15 is 0 Å². The SMILES string of the molecule is C[C@H](Nc1nc(F)cc(N2C(=O)OCC2[C@H](C)F)n1)c1ccc(CN2CCNCC2)cc1. The standard InChI is InChI=1S/C22H28F2N6O2/c1-14(23)18-13-32-22(31)30(18)20-11-19(24)27-21(28-20)26-15(2)17-5-3-16(4-6-17)12-29-9-7-25-8-10-29/h3-6,11,14-15,18,25H,7-10,12-13H2,1-2H3,(H,26,27,28)/t14-,15-,18?/m0/s1. The summed E-state index contributed by atoms with van der Waals surface area (Å²) in [5.41, 5.74) is 2.21. The van der Waals surface area contributed by atoms with E-state index in [9.17, 15) is 13.6 Å². The third-order valence-corrected chi connectivity index (χ3v) is 5.81. The lowest BCUT2D eigenvalue weighted by atomic mass is 10.1. The molecule has 4 rings (SSSR count). The molecule has 8 nitrogen and oxygen atoms in total. The summed E-state index contributed by atoms with van der Waals surface area (Å²) in [6, 6.07) is 8.15. The van der Waals surface area contributed by atoms with Crippen LogP contribution in [0.15, 0.2) is 30.3 Å². The summed E-state index contributed by atoms with van der Waals surface area (Å²) < 4.78 is 33.0. The van der Waals surface area contributed by atoms with Crippen LogP contribution in [-0.2, 0) is 11.3 Å². The molecule has 0 saturated carbocycles. The van der Waals surface area contributed by atoms with E-state index in [0.29, 0.717) is 0 Å². The first-order valence-electron chi connectivity index (χ1n) is 10.8. The Balaban J connectivity index is 1.45. The maximum Gasteiger partial charge on any atom is 0.416 e. The van der Waals surface area contributed by atoms with E-state index in [0.717, 1.165) is 49.3 Å². The van der Waals surface area contributed by atoms with Crippen LogP contribution in [0.5, 0.6) is 0 Å². The van der Waals surface area contributed by atoms with Gasteiger partial charge in [-0.3, -0.25) is 9.80 Å². The first kappa shape index (κ1) is 22.3. The number of alkyl halides is 1. The molecule has 0 bridgehead atoms. The summed E-state index contributed by atoms with van der Waals surface area (Å²) in [7, 11) is 0. The van der Waals surface area contributed by atoms with Gasteiger partial charge in [-0.25, -0.2) is 9.18 Å². The van der Waals surface area contributed by atoms with E-state index in [1.165, 1.54) is 12.5 Å². The smallest absolute Gasteiger partial charge is 0.416 e. The largest absolute Gasteiger partial charge is 0.447 e. The highest BCUT2D eigenvalue weighted by molar-refractivity contribution is 5.89. The number of piperazine rings is 1. The maximum absolute atomic E-state index is 14.2. The molecule has 1 aromatic heterocycles. The molecule has 2 fully saturated rings. The van der Waals surface area contributed by atoms with Crippen LogP contribution in [0.25, 0.3) is 0 Å². The van der Waals surface area contributed by atoms with E-state index in [1.54, 1.807) is 0 Å².